The lowest BCUT2D eigenvalue weighted by Gasteiger charge is -2.14. The fourth-order valence-electron chi connectivity index (χ4n) is 1.87. The molecule has 14 heavy (non-hydrogen) atoms. The molecule has 0 fully saturated rings. The van der Waals surface area contributed by atoms with E-state index >= 15 is 0 Å². The molecule has 3 N–H and O–H groups in total. The Bertz CT molecular complexity index is 303. The molecule has 0 unspecified atom stereocenters. The van der Waals surface area contributed by atoms with Crippen LogP contribution in [0.15, 0.2) is 6.07 Å². The van der Waals surface area contributed by atoms with Crippen molar-refractivity contribution in [3.8, 4) is 0 Å². The average molecular weight is 192 g/mol. The van der Waals surface area contributed by atoms with Gasteiger partial charge in [0.25, 0.3) is 0 Å². The van der Waals surface area contributed by atoms with Crippen LogP contribution in [0, 0.1) is 27.7 Å². The number of nitrogens with two attached hydrogens (primary N) is 1. The molecule has 0 heterocycles. The van der Waals surface area contributed by atoms with Crippen molar-refractivity contribution < 1.29 is 0 Å². The Kier molecular flexibility index (Phi) is 3.67. The first-order chi connectivity index (χ1) is 6.57. The second-order valence-electron chi connectivity index (χ2n) is 3.94. The predicted octanol–water partition coefficient (Wildman–Crippen LogP) is 1.93. The quantitative estimate of drug-likeness (QED) is 0.567. The van der Waals surface area contributed by atoms with Gasteiger partial charge in [0.1, 0.15) is 0 Å². The monoisotopic (exact) mass is 192 g/mol. The molecule has 2 nitrogen and oxygen atoms in total. The van der Waals surface area contributed by atoms with Gasteiger partial charge in [-0.15, -0.1) is 0 Å². The fourth-order valence-corrected chi connectivity index (χ4v) is 1.87. The Morgan fingerprint density at radius 1 is 1.07 bits per heavy atom. The molecule has 1 rings (SSSR count). The number of hydrogen-bond acceptors (Lipinski definition) is 2. The van der Waals surface area contributed by atoms with E-state index in [2.05, 4.69) is 39.2 Å². The molecule has 0 spiro atoms. The van der Waals surface area contributed by atoms with E-state index in [4.69, 9.17) is 5.84 Å². The minimum absolute atomic E-state index is 0.838. The highest BCUT2D eigenvalue weighted by Crippen LogP contribution is 2.21. The first-order valence-corrected chi connectivity index (χ1v) is 5.07. The Morgan fingerprint density at radius 2 is 1.57 bits per heavy atom. The van der Waals surface area contributed by atoms with Gasteiger partial charge in [0.15, 0.2) is 0 Å². The molecule has 0 saturated heterocycles. The van der Waals surface area contributed by atoms with Crippen LogP contribution in [0.4, 0.5) is 0 Å². The van der Waals surface area contributed by atoms with Gasteiger partial charge >= 0.3 is 0 Å². The van der Waals surface area contributed by atoms with Gasteiger partial charge in [-0.2, -0.15) is 0 Å². The molecule has 0 radical (unpaired) electrons. The maximum atomic E-state index is 5.30. The van der Waals surface area contributed by atoms with E-state index in [0.717, 1.165) is 13.0 Å². The Balaban J connectivity index is 3.11. The minimum atomic E-state index is 0.838. The maximum absolute atomic E-state index is 5.30. The van der Waals surface area contributed by atoms with Crippen LogP contribution in [-0.4, -0.2) is 6.54 Å². The van der Waals surface area contributed by atoms with Crippen molar-refractivity contribution in [2.45, 2.75) is 34.1 Å². The van der Waals surface area contributed by atoms with Crippen LogP contribution in [0.2, 0.25) is 0 Å². The molecule has 0 atom stereocenters. The third-order valence-electron chi connectivity index (χ3n) is 3.04. The zero-order valence-corrected chi connectivity index (χ0v) is 9.57. The standard InChI is InChI=1S/C12H20N2/c1-8-7-9(2)11(4)12(10(8)3)5-6-14-13/h7,14H,5-6,13H2,1-4H3. The van der Waals surface area contributed by atoms with Gasteiger partial charge in [0, 0.05) is 6.54 Å². The lowest BCUT2D eigenvalue weighted by molar-refractivity contribution is 0.723. The Morgan fingerprint density at radius 3 is 2.00 bits per heavy atom. The highest BCUT2D eigenvalue weighted by molar-refractivity contribution is 5.44. The second kappa shape index (κ2) is 4.58. The maximum Gasteiger partial charge on any atom is 0.0138 e. The van der Waals surface area contributed by atoms with E-state index in [0.29, 0.717) is 0 Å². The van der Waals surface area contributed by atoms with Crippen molar-refractivity contribution >= 4 is 0 Å². The summed E-state index contributed by atoms with van der Waals surface area (Å²) in [6.07, 6.45) is 1.01. The zero-order valence-electron chi connectivity index (χ0n) is 9.57. The summed E-state index contributed by atoms with van der Waals surface area (Å²) in [7, 11) is 0. The predicted molar refractivity (Wildman–Crippen MR) is 61.3 cm³/mol. The van der Waals surface area contributed by atoms with Crippen LogP contribution in [0.25, 0.3) is 0 Å². The van der Waals surface area contributed by atoms with E-state index < -0.39 is 0 Å². The summed E-state index contributed by atoms with van der Waals surface area (Å²) < 4.78 is 0. The van der Waals surface area contributed by atoms with Gasteiger partial charge in [-0.05, 0) is 61.9 Å². The lowest BCUT2D eigenvalue weighted by atomic mass is 9.92. The Hall–Kier alpha value is -0.860. The van der Waals surface area contributed by atoms with Crippen molar-refractivity contribution in [3.05, 3.63) is 33.9 Å². The molecule has 2 heteroatoms. The largest absolute Gasteiger partial charge is 0.271 e. The van der Waals surface area contributed by atoms with Crippen molar-refractivity contribution in [2.75, 3.05) is 6.54 Å². The summed E-state index contributed by atoms with van der Waals surface area (Å²) in [5, 5.41) is 0. The number of benzene rings is 1. The van der Waals surface area contributed by atoms with Gasteiger partial charge in [-0.3, -0.25) is 11.3 Å². The molecule has 0 aliphatic carbocycles. The highest BCUT2D eigenvalue weighted by Gasteiger charge is 2.07. The van der Waals surface area contributed by atoms with Crippen LogP contribution in [0.5, 0.6) is 0 Å². The molecule has 1 aromatic carbocycles. The summed E-state index contributed by atoms with van der Waals surface area (Å²) >= 11 is 0. The van der Waals surface area contributed by atoms with Crippen LogP contribution in [-0.2, 0) is 6.42 Å². The normalized spacial score (nSPS) is 10.6. The van der Waals surface area contributed by atoms with E-state index in [-0.39, 0.29) is 0 Å². The molecule has 1 aromatic rings. The van der Waals surface area contributed by atoms with Crippen LogP contribution in [0.1, 0.15) is 27.8 Å². The first kappa shape index (κ1) is 11.2. The number of rotatable bonds is 3. The van der Waals surface area contributed by atoms with Crippen molar-refractivity contribution in [1.29, 1.82) is 0 Å². The zero-order chi connectivity index (χ0) is 10.7. The summed E-state index contributed by atoms with van der Waals surface area (Å²) in [6.45, 7) is 9.55. The molecule has 78 valence electrons. The van der Waals surface area contributed by atoms with E-state index in [1.807, 2.05) is 0 Å². The highest BCUT2D eigenvalue weighted by atomic mass is 15.2. The summed E-state index contributed by atoms with van der Waals surface area (Å²) in [4.78, 5) is 0. The van der Waals surface area contributed by atoms with Crippen molar-refractivity contribution in [1.82, 2.24) is 5.43 Å². The van der Waals surface area contributed by atoms with E-state index in [1.54, 1.807) is 0 Å². The van der Waals surface area contributed by atoms with Gasteiger partial charge in [0.05, 0.1) is 0 Å². The Labute approximate surface area is 86.5 Å². The molecule has 0 bridgehead atoms. The first-order valence-electron chi connectivity index (χ1n) is 5.07. The van der Waals surface area contributed by atoms with Gasteiger partial charge in [-0.1, -0.05) is 6.07 Å². The van der Waals surface area contributed by atoms with Crippen LogP contribution in [0.3, 0.4) is 0 Å². The minimum Gasteiger partial charge on any atom is -0.271 e. The summed E-state index contributed by atoms with van der Waals surface area (Å²) in [5.74, 6) is 5.30. The third kappa shape index (κ3) is 2.14. The summed E-state index contributed by atoms with van der Waals surface area (Å²) in [6, 6.07) is 2.25. The average Bonchev–Trinajstić information content (AvgIpc) is 2.15. The topological polar surface area (TPSA) is 38.0 Å². The number of nitrogens with one attached hydrogen (secondary N) is 1. The number of aryl methyl sites for hydroxylation is 2. The molecule has 0 saturated carbocycles. The fraction of sp³-hybridized carbons (Fsp3) is 0.500. The smallest absolute Gasteiger partial charge is 0.0138 e. The second-order valence-corrected chi connectivity index (χ2v) is 3.94. The summed E-state index contributed by atoms with van der Waals surface area (Å²) in [5.41, 5.74) is 9.72. The van der Waals surface area contributed by atoms with Crippen LogP contribution >= 0.6 is 0 Å². The molecular formula is C12H20N2. The number of hydrogen-bond donors (Lipinski definition) is 2. The van der Waals surface area contributed by atoms with Crippen molar-refractivity contribution in [3.63, 3.8) is 0 Å². The molecule has 0 aromatic heterocycles. The van der Waals surface area contributed by atoms with Gasteiger partial charge < -0.3 is 0 Å². The molecular weight excluding hydrogens is 172 g/mol. The molecule has 0 aliphatic heterocycles. The SMILES string of the molecule is Cc1cc(C)c(C)c(CCNN)c1C. The third-order valence-corrected chi connectivity index (χ3v) is 3.04. The van der Waals surface area contributed by atoms with E-state index in [1.165, 1.54) is 27.8 Å². The van der Waals surface area contributed by atoms with Gasteiger partial charge in [-0.25, -0.2) is 0 Å². The van der Waals surface area contributed by atoms with E-state index in [9.17, 15) is 0 Å². The van der Waals surface area contributed by atoms with Gasteiger partial charge in [0.2, 0.25) is 0 Å². The molecule has 0 aliphatic rings. The van der Waals surface area contributed by atoms with Crippen LogP contribution < -0.4 is 11.3 Å². The molecule has 0 amide bonds. The number of hydrazine groups is 1. The van der Waals surface area contributed by atoms with Crippen molar-refractivity contribution in [2.24, 2.45) is 5.84 Å². The lowest BCUT2D eigenvalue weighted by Crippen LogP contribution is -2.25.